The predicted octanol–water partition coefficient (Wildman–Crippen LogP) is 4.06. The maximum Gasteiger partial charge on any atom is 0.410 e. The van der Waals surface area contributed by atoms with Gasteiger partial charge >= 0.3 is 6.09 Å². The van der Waals surface area contributed by atoms with Gasteiger partial charge in [0.05, 0.1) is 5.56 Å². The van der Waals surface area contributed by atoms with Gasteiger partial charge in [-0.2, -0.15) is 5.26 Å². The molecule has 2 saturated heterocycles. The molecule has 0 saturated carbocycles. The number of hydrogen-bond donors (Lipinski definition) is 0. The fourth-order valence-corrected chi connectivity index (χ4v) is 4.00. The van der Waals surface area contributed by atoms with Crippen LogP contribution in [0.2, 0.25) is 0 Å². The topological polar surface area (TPSA) is 70.4 Å². The third kappa shape index (κ3) is 3.57. The molecule has 138 valence electrons. The lowest BCUT2D eigenvalue weighted by atomic mass is 9.84. The largest absolute Gasteiger partial charge is 0.444 e. The average Bonchev–Trinajstić information content (AvgIpc) is 2.83. The van der Waals surface area contributed by atoms with E-state index in [1.54, 1.807) is 11.0 Å². The number of halogens is 1. The van der Waals surface area contributed by atoms with Gasteiger partial charge in [0, 0.05) is 23.6 Å². The van der Waals surface area contributed by atoms with E-state index < -0.39 is 11.4 Å². The number of fused-ring (bicyclic) bond motifs is 2. The highest BCUT2D eigenvalue weighted by atomic mass is 19.1. The molecule has 26 heavy (non-hydrogen) atoms. The Bertz CT molecular complexity index is 764. The first-order valence-corrected chi connectivity index (χ1v) is 8.95. The van der Waals surface area contributed by atoms with Gasteiger partial charge in [0.2, 0.25) is 0 Å². The van der Waals surface area contributed by atoms with Crippen molar-refractivity contribution in [3.63, 3.8) is 0 Å². The Kier molecular flexibility index (Phi) is 4.74. The molecule has 5 nitrogen and oxygen atoms in total. The maximum atomic E-state index is 13.8. The van der Waals surface area contributed by atoms with Crippen LogP contribution in [-0.4, -0.2) is 34.5 Å². The van der Waals surface area contributed by atoms with E-state index in [2.05, 4.69) is 0 Å². The van der Waals surface area contributed by atoms with Crippen molar-refractivity contribution in [2.24, 2.45) is 5.92 Å². The molecule has 2 aliphatic rings. The SMILES string of the molecule is CC(C)(C)OC(=O)N1C2CCC1CC(C(=O)c1ccc(C#N)c(F)c1)C2. The minimum Gasteiger partial charge on any atom is -0.444 e. The van der Waals surface area contributed by atoms with E-state index in [9.17, 15) is 14.0 Å². The molecule has 0 aromatic heterocycles. The minimum absolute atomic E-state index is 0.0132. The molecule has 2 atom stereocenters. The van der Waals surface area contributed by atoms with Gasteiger partial charge in [0.1, 0.15) is 17.5 Å². The van der Waals surface area contributed by atoms with Crippen LogP contribution in [0.5, 0.6) is 0 Å². The van der Waals surface area contributed by atoms with E-state index in [0.29, 0.717) is 12.8 Å². The number of nitrogens with zero attached hydrogens (tertiary/aromatic N) is 2. The van der Waals surface area contributed by atoms with Crippen molar-refractivity contribution in [3.05, 3.63) is 35.1 Å². The smallest absolute Gasteiger partial charge is 0.410 e. The standard InChI is InChI=1S/C20H23FN2O3/c1-20(2,3)26-19(25)23-15-6-7-16(23)9-14(8-15)18(24)12-4-5-13(11-22)17(21)10-12/h4-5,10,14-16H,6-9H2,1-3H3. The van der Waals surface area contributed by atoms with E-state index >= 15 is 0 Å². The summed E-state index contributed by atoms with van der Waals surface area (Å²) in [4.78, 5) is 27.1. The lowest BCUT2D eigenvalue weighted by Gasteiger charge is -2.39. The molecule has 0 aliphatic carbocycles. The van der Waals surface area contributed by atoms with E-state index in [1.165, 1.54) is 12.1 Å². The van der Waals surface area contributed by atoms with Gasteiger partial charge in [-0.25, -0.2) is 9.18 Å². The normalized spacial score (nSPS) is 24.9. The van der Waals surface area contributed by atoms with E-state index in [-0.39, 0.29) is 41.0 Å². The van der Waals surface area contributed by atoms with Crippen LogP contribution in [-0.2, 0) is 4.74 Å². The Morgan fingerprint density at radius 1 is 1.23 bits per heavy atom. The number of carbonyl (C=O) groups is 2. The summed E-state index contributed by atoms with van der Waals surface area (Å²) in [5.41, 5.74) is -0.332. The van der Waals surface area contributed by atoms with Crippen LogP contribution in [0.4, 0.5) is 9.18 Å². The maximum absolute atomic E-state index is 13.8. The summed E-state index contributed by atoms with van der Waals surface area (Å²) in [6.07, 6.45) is 2.53. The number of carbonyl (C=O) groups excluding carboxylic acids is 2. The van der Waals surface area contributed by atoms with E-state index in [1.807, 2.05) is 20.8 Å². The van der Waals surface area contributed by atoms with Crippen LogP contribution in [0, 0.1) is 23.1 Å². The second-order valence-corrected chi connectivity index (χ2v) is 8.11. The fraction of sp³-hybridized carbons (Fsp3) is 0.550. The van der Waals surface area contributed by atoms with Gasteiger partial charge in [0.25, 0.3) is 0 Å². The molecule has 2 unspecified atom stereocenters. The Hall–Kier alpha value is -2.42. The molecule has 1 aromatic rings. The van der Waals surface area contributed by atoms with Gasteiger partial charge in [0.15, 0.2) is 5.78 Å². The first-order chi connectivity index (χ1) is 12.2. The molecule has 0 spiro atoms. The minimum atomic E-state index is -0.674. The molecule has 1 aromatic carbocycles. The van der Waals surface area contributed by atoms with Crippen LogP contribution in [0.15, 0.2) is 18.2 Å². The predicted molar refractivity (Wildman–Crippen MR) is 93.1 cm³/mol. The highest BCUT2D eigenvalue weighted by Gasteiger charge is 2.46. The molecule has 0 N–H and O–H groups in total. The number of amides is 1. The Morgan fingerprint density at radius 2 is 1.85 bits per heavy atom. The van der Waals surface area contributed by atoms with Crippen molar-refractivity contribution >= 4 is 11.9 Å². The number of Topliss-reactive ketones (excluding diaryl/α,β-unsaturated/α-hetero) is 1. The van der Waals surface area contributed by atoms with E-state index in [0.717, 1.165) is 18.9 Å². The third-order valence-electron chi connectivity index (χ3n) is 5.08. The Labute approximate surface area is 152 Å². The molecule has 2 bridgehead atoms. The molecule has 0 radical (unpaired) electrons. The Morgan fingerprint density at radius 3 is 2.35 bits per heavy atom. The van der Waals surface area contributed by atoms with Crippen molar-refractivity contribution < 1.29 is 18.7 Å². The first kappa shape index (κ1) is 18.4. The second kappa shape index (κ2) is 6.71. The highest BCUT2D eigenvalue weighted by molar-refractivity contribution is 5.98. The zero-order valence-corrected chi connectivity index (χ0v) is 15.3. The number of piperidine rings is 1. The summed E-state index contributed by atoms with van der Waals surface area (Å²) in [5.74, 6) is -1.03. The summed E-state index contributed by atoms with van der Waals surface area (Å²) in [7, 11) is 0. The van der Waals surface area contributed by atoms with Crippen LogP contribution in [0.25, 0.3) is 0 Å². The number of rotatable bonds is 2. The molecule has 1 amide bonds. The number of benzene rings is 1. The summed E-state index contributed by atoms with van der Waals surface area (Å²) in [5, 5.41) is 8.81. The van der Waals surface area contributed by atoms with Gasteiger partial charge in [-0.05, 0) is 64.7 Å². The monoisotopic (exact) mass is 358 g/mol. The molecular weight excluding hydrogens is 335 g/mol. The number of nitriles is 1. The quantitative estimate of drug-likeness (QED) is 0.748. The molecule has 6 heteroatoms. The van der Waals surface area contributed by atoms with Gasteiger partial charge in [-0.1, -0.05) is 0 Å². The molecule has 2 fully saturated rings. The fourth-order valence-electron chi connectivity index (χ4n) is 4.00. The lowest BCUT2D eigenvalue weighted by molar-refractivity contribution is 0.00254. The number of ether oxygens (including phenoxy) is 1. The number of hydrogen-bond acceptors (Lipinski definition) is 4. The molecule has 2 aliphatic heterocycles. The van der Waals surface area contributed by atoms with Gasteiger partial charge in [-0.15, -0.1) is 0 Å². The summed E-state index contributed by atoms with van der Waals surface area (Å²) in [6.45, 7) is 5.51. The van der Waals surface area contributed by atoms with Crippen molar-refractivity contribution in [2.45, 2.75) is 64.1 Å². The van der Waals surface area contributed by atoms with Crippen molar-refractivity contribution in [1.29, 1.82) is 5.26 Å². The van der Waals surface area contributed by atoms with E-state index in [4.69, 9.17) is 10.00 Å². The van der Waals surface area contributed by atoms with Gasteiger partial charge in [-0.3, -0.25) is 4.79 Å². The van der Waals surface area contributed by atoms with Crippen molar-refractivity contribution in [2.75, 3.05) is 0 Å². The van der Waals surface area contributed by atoms with Gasteiger partial charge < -0.3 is 9.64 Å². The lowest BCUT2D eigenvalue weighted by Crippen LogP contribution is -2.49. The molecule has 3 rings (SSSR count). The van der Waals surface area contributed by atoms with Crippen LogP contribution >= 0.6 is 0 Å². The Balaban J connectivity index is 1.72. The molecular formula is C20H23FN2O3. The van der Waals surface area contributed by atoms with Crippen molar-refractivity contribution in [3.8, 4) is 6.07 Å². The first-order valence-electron chi connectivity index (χ1n) is 8.95. The zero-order valence-electron chi connectivity index (χ0n) is 15.3. The number of ketones is 1. The highest BCUT2D eigenvalue weighted by Crippen LogP contribution is 2.40. The second-order valence-electron chi connectivity index (χ2n) is 8.11. The van der Waals surface area contributed by atoms with Crippen LogP contribution < -0.4 is 0 Å². The van der Waals surface area contributed by atoms with Crippen LogP contribution in [0.3, 0.4) is 0 Å². The summed E-state index contributed by atoms with van der Waals surface area (Å²) >= 11 is 0. The average molecular weight is 358 g/mol. The zero-order chi connectivity index (χ0) is 19.1. The third-order valence-corrected chi connectivity index (χ3v) is 5.08. The summed E-state index contributed by atoms with van der Waals surface area (Å²) < 4.78 is 19.3. The van der Waals surface area contributed by atoms with Crippen molar-refractivity contribution in [1.82, 2.24) is 4.90 Å². The molecule has 2 heterocycles. The van der Waals surface area contributed by atoms with Crippen LogP contribution in [0.1, 0.15) is 62.4 Å². The summed E-state index contributed by atoms with van der Waals surface area (Å²) in [6, 6.07) is 5.72.